The Kier molecular flexibility index (Phi) is 3.47. The number of nitrogen functional groups attached to an aromatic ring is 1. The Labute approximate surface area is 98.6 Å². The van der Waals surface area contributed by atoms with Crippen LogP contribution >= 0.6 is 0 Å². The van der Waals surface area contributed by atoms with Gasteiger partial charge in [-0.15, -0.1) is 0 Å². The first kappa shape index (κ1) is 12.1. The molecule has 4 N–H and O–H groups in total. The van der Waals surface area contributed by atoms with Gasteiger partial charge < -0.3 is 16.2 Å². The smallest absolute Gasteiger partial charge is 0.183 e. The molecule has 0 unspecified atom stereocenters. The maximum absolute atomic E-state index is 13.5. The van der Waals surface area contributed by atoms with E-state index in [0.717, 1.165) is 18.9 Å². The van der Waals surface area contributed by atoms with Crippen LogP contribution in [0.1, 0.15) is 25.7 Å². The van der Waals surface area contributed by atoms with Gasteiger partial charge in [-0.25, -0.2) is 8.78 Å². The highest BCUT2D eigenvalue weighted by Gasteiger charge is 2.21. The minimum absolute atomic E-state index is 0.0337. The van der Waals surface area contributed by atoms with Crippen molar-refractivity contribution >= 4 is 11.4 Å². The lowest BCUT2D eigenvalue weighted by atomic mass is 9.93. The number of rotatable bonds is 2. The van der Waals surface area contributed by atoms with Crippen molar-refractivity contribution in [2.45, 2.75) is 37.8 Å². The van der Waals surface area contributed by atoms with Crippen molar-refractivity contribution in [3.63, 3.8) is 0 Å². The number of aliphatic hydroxyl groups excluding tert-OH is 1. The first-order valence-electron chi connectivity index (χ1n) is 5.76. The van der Waals surface area contributed by atoms with Crippen molar-refractivity contribution in [2.24, 2.45) is 0 Å². The van der Waals surface area contributed by atoms with Crippen LogP contribution in [-0.4, -0.2) is 17.3 Å². The van der Waals surface area contributed by atoms with Crippen molar-refractivity contribution in [3.05, 3.63) is 23.8 Å². The van der Waals surface area contributed by atoms with E-state index in [1.807, 2.05) is 0 Å². The molecule has 0 bridgehead atoms. The van der Waals surface area contributed by atoms with Gasteiger partial charge in [-0.2, -0.15) is 0 Å². The lowest BCUT2D eigenvalue weighted by Gasteiger charge is -2.27. The van der Waals surface area contributed by atoms with Crippen LogP contribution in [0.2, 0.25) is 0 Å². The molecule has 1 aliphatic rings. The summed E-state index contributed by atoms with van der Waals surface area (Å²) in [7, 11) is 0. The van der Waals surface area contributed by atoms with E-state index < -0.39 is 11.6 Å². The second-order valence-corrected chi connectivity index (χ2v) is 4.48. The third-order valence-corrected chi connectivity index (χ3v) is 3.17. The first-order chi connectivity index (χ1) is 8.08. The third-order valence-electron chi connectivity index (χ3n) is 3.17. The van der Waals surface area contributed by atoms with E-state index in [2.05, 4.69) is 5.32 Å². The van der Waals surface area contributed by atoms with Crippen LogP contribution in [-0.2, 0) is 0 Å². The molecule has 17 heavy (non-hydrogen) atoms. The summed E-state index contributed by atoms with van der Waals surface area (Å²) in [4.78, 5) is 0. The van der Waals surface area contributed by atoms with Crippen LogP contribution in [0.4, 0.5) is 20.2 Å². The maximum Gasteiger partial charge on any atom is 0.183 e. The lowest BCUT2D eigenvalue weighted by molar-refractivity contribution is 0.126. The lowest BCUT2D eigenvalue weighted by Crippen LogP contribution is -2.29. The topological polar surface area (TPSA) is 58.3 Å². The maximum atomic E-state index is 13.5. The predicted molar refractivity (Wildman–Crippen MR) is 62.7 cm³/mol. The van der Waals surface area contributed by atoms with E-state index in [1.54, 1.807) is 0 Å². The number of nitrogens with one attached hydrogen (secondary N) is 1. The third kappa shape index (κ3) is 2.66. The zero-order valence-electron chi connectivity index (χ0n) is 9.42. The fourth-order valence-electron chi connectivity index (χ4n) is 2.14. The monoisotopic (exact) mass is 242 g/mol. The Morgan fingerprint density at radius 2 is 1.82 bits per heavy atom. The molecule has 1 saturated carbocycles. The summed E-state index contributed by atoms with van der Waals surface area (Å²) in [6.45, 7) is 0. The summed E-state index contributed by atoms with van der Waals surface area (Å²) >= 11 is 0. The molecule has 0 amide bonds. The van der Waals surface area contributed by atoms with Gasteiger partial charge in [0.05, 0.1) is 17.5 Å². The Morgan fingerprint density at radius 3 is 2.47 bits per heavy atom. The number of halogens is 2. The summed E-state index contributed by atoms with van der Waals surface area (Å²) in [5.41, 5.74) is 5.85. The van der Waals surface area contributed by atoms with Gasteiger partial charge in [0.15, 0.2) is 11.6 Å². The molecule has 0 aromatic heterocycles. The number of hydrogen-bond donors (Lipinski definition) is 3. The van der Waals surface area contributed by atoms with Crippen LogP contribution in [0.3, 0.4) is 0 Å². The highest BCUT2D eigenvalue weighted by molar-refractivity contribution is 5.67. The second kappa shape index (κ2) is 4.87. The molecule has 0 saturated heterocycles. The molecule has 0 atom stereocenters. The average molecular weight is 242 g/mol. The molecule has 1 aliphatic carbocycles. The van der Waals surface area contributed by atoms with Gasteiger partial charge in [0, 0.05) is 6.04 Å². The van der Waals surface area contributed by atoms with E-state index in [9.17, 15) is 13.9 Å². The minimum atomic E-state index is -0.934. The SMILES string of the molecule is Nc1ccc(F)c(F)c1NC1CCC(O)CC1. The zero-order valence-corrected chi connectivity index (χ0v) is 9.42. The molecule has 1 aromatic rings. The van der Waals surface area contributed by atoms with Crippen molar-refractivity contribution in [1.82, 2.24) is 0 Å². The molecule has 1 aromatic carbocycles. The Bertz CT molecular complexity index is 404. The highest BCUT2D eigenvalue weighted by Crippen LogP contribution is 2.28. The minimum Gasteiger partial charge on any atom is -0.397 e. The highest BCUT2D eigenvalue weighted by atomic mass is 19.2. The van der Waals surface area contributed by atoms with Crippen LogP contribution in [0.5, 0.6) is 0 Å². The van der Waals surface area contributed by atoms with E-state index in [-0.39, 0.29) is 23.5 Å². The molecule has 1 fully saturated rings. The van der Waals surface area contributed by atoms with Gasteiger partial charge >= 0.3 is 0 Å². The molecule has 0 radical (unpaired) electrons. The van der Waals surface area contributed by atoms with E-state index in [0.29, 0.717) is 12.8 Å². The molecule has 0 spiro atoms. The number of aliphatic hydroxyl groups is 1. The largest absolute Gasteiger partial charge is 0.397 e. The fraction of sp³-hybridized carbons (Fsp3) is 0.500. The van der Waals surface area contributed by atoms with Crippen molar-refractivity contribution < 1.29 is 13.9 Å². The molecular formula is C12H16F2N2O. The number of benzene rings is 1. The number of nitrogens with two attached hydrogens (primary N) is 1. The normalized spacial score (nSPS) is 24.6. The summed E-state index contributed by atoms with van der Waals surface area (Å²) < 4.78 is 26.6. The van der Waals surface area contributed by atoms with Crippen molar-refractivity contribution in [2.75, 3.05) is 11.1 Å². The molecule has 94 valence electrons. The quantitative estimate of drug-likeness (QED) is 0.697. The summed E-state index contributed by atoms with van der Waals surface area (Å²) in [5, 5.41) is 12.3. The molecule has 0 aliphatic heterocycles. The summed E-state index contributed by atoms with van der Waals surface area (Å²) in [6, 6.07) is 2.40. The molecule has 0 heterocycles. The predicted octanol–water partition coefficient (Wildman–Crippen LogP) is 2.26. The van der Waals surface area contributed by atoms with E-state index in [1.165, 1.54) is 6.07 Å². The van der Waals surface area contributed by atoms with Crippen LogP contribution in [0.25, 0.3) is 0 Å². The Morgan fingerprint density at radius 1 is 1.18 bits per heavy atom. The zero-order chi connectivity index (χ0) is 12.4. The van der Waals surface area contributed by atoms with Gasteiger partial charge in [0.2, 0.25) is 0 Å². The Hall–Kier alpha value is -1.36. The molecule has 5 heteroatoms. The van der Waals surface area contributed by atoms with Gasteiger partial charge in [0.25, 0.3) is 0 Å². The van der Waals surface area contributed by atoms with Crippen molar-refractivity contribution in [1.29, 1.82) is 0 Å². The van der Waals surface area contributed by atoms with Crippen LogP contribution < -0.4 is 11.1 Å². The Balaban J connectivity index is 2.11. The molecule has 2 rings (SSSR count). The summed E-state index contributed by atoms with van der Waals surface area (Å²) in [6.07, 6.45) is 2.54. The standard InChI is InChI=1S/C12H16F2N2O/c13-9-5-6-10(15)12(11(9)14)16-7-1-3-8(17)4-2-7/h5-8,16-17H,1-4,15H2. The average Bonchev–Trinajstić information content (AvgIpc) is 2.32. The van der Waals surface area contributed by atoms with Crippen LogP contribution in [0.15, 0.2) is 12.1 Å². The van der Waals surface area contributed by atoms with E-state index >= 15 is 0 Å². The van der Waals surface area contributed by atoms with E-state index in [4.69, 9.17) is 5.73 Å². The van der Waals surface area contributed by atoms with Crippen LogP contribution in [0, 0.1) is 11.6 Å². The van der Waals surface area contributed by atoms with Gasteiger partial charge in [0.1, 0.15) is 0 Å². The van der Waals surface area contributed by atoms with Gasteiger partial charge in [-0.3, -0.25) is 0 Å². The second-order valence-electron chi connectivity index (χ2n) is 4.48. The van der Waals surface area contributed by atoms with Gasteiger partial charge in [-0.05, 0) is 37.8 Å². The van der Waals surface area contributed by atoms with Gasteiger partial charge in [-0.1, -0.05) is 0 Å². The summed E-state index contributed by atoms with van der Waals surface area (Å²) in [5.74, 6) is -1.84. The molecular weight excluding hydrogens is 226 g/mol. The number of hydrogen-bond acceptors (Lipinski definition) is 3. The molecule has 3 nitrogen and oxygen atoms in total. The number of anilines is 2. The fourth-order valence-corrected chi connectivity index (χ4v) is 2.14. The van der Waals surface area contributed by atoms with Crippen molar-refractivity contribution in [3.8, 4) is 0 Å². The first-order valence-corrected chi connectivity index (χ1v) is 5.76.